The average Bonchev–Trinajstić information content (AvgIpc) is 2.15. The van der Waals surface area contributed by atoms with E-state index in [4.69, 9.17) is 4.74 Å². The first kappa shape index (κ1) is 12.0. The summed E-state index contributed by atoms with van der Waals surface area (Å²) in [6.07, 6.45) is 5.23. The minimum absolute atomic E-state index is 0.139. The Labute approximate surface area is 88.4 Å². The molecule has 1 unspecified atom stereocenters. The second kappa shape index (κ2) is 5.72. The fourth-order valence-corrected chi connectivity index (χ4v) is 1.80. The van der Waals surface area contributed by atoms with Crippen LogP contribution in [0.4, 0.5) is 0 Å². The number of hydrogen-bond donors (Lipinski definition) is 1. The van der Waals surface area contributed by atoms with Crippen LogP contribution in [0.15, 0.2) is 0 Å². The molecule has 2 heteroatoms. The van der Waals surface area contributed by atoms with Gasteiger partial charge in [0.05, 0.1) is 12.2 Å². The predicted octanol–water partition coefficient (Wildman–Crippen LogP) is 2.58. The molecule has 0 radical (unpaired) electrons. The monoisotopic (exact) mass is 199 g/mol. The van der Waals surface area contributed by atoms with Gasteiger partial charge in [0.1, 0.15) is 0 Å². The Bertz CT molecular complexity index is 154. The van der Waals surface area contributed by atoms with E-state index in [9.17, 15) is 0 Å². The van der Waals surface area contributed by atoms with Crippen LogP contribution in [0.5, 0.6) is 0 Å². The Morgan fingerprint density at radius 1 is 1.36 bits per heavy atom. The first-order chi connectivity index (χ1) is 6.70. The van der Waals surface area contributed by atoms with Gasteiger partial charge in [-0.05, 0) is 19.3 Å². The molecule has 1 N–H and O–H groups in total. The van der Waals surface area contributed by atoms with Crippen molar-refractivity contribution in [1.82, 2.24) is 5.32 Å². The van der Waals surface area contributed by atoms with Crippen molar-refractivity contribution in [2.75, 3.05) is 19.7 Å². The number of nitrogens with one attached hydrogen (secondary N) is 1. The summed E-state index contributed by atoms with van der Waals surface area (Å²) in [6.45, 7) is 9.73. The van der Waals surface area contributed by atoms with Crippen molar-refractivity contribution in [1.29, 1.82) is 0 Å². The molecule has 1 fully saturated rings. The maximum absolute atomic E-state index is 5.95. The summed E-state index contributed by atoms with van der Waals surface area (Å²) in [7, 11) is 0. The lowest BCUT2D eigenvalue weighted by Gasteiger charge is -2.40. The Hall–Kier alpha value is -0.0800. The molecule has 0 aliphatic carbocycles. The van der Waals surface area contributed by atoms with Crippen LogP contribution < -0.4 is 5.32 Å². The van der Waals surface area contributed by atoms with Crippen LogP contribution in [-0.2, 0) is 4.74 Å². The molecule has 1 saturated heterocycles. The second-order valence-electron chi connectivity index (χ2n) is 4.78. The molecule has 0 aromatic rings. The van der Waals surface area contributed by atoms with Crippen LogP contribution in [0.25, 0.3) is 0 Å². The number of unbranched alkanes of at least 4 members (excludes halogenated alkanes) is 1. The van der Waals surface area contributed by atoms with E-state index in [0.717, 1.165) is 25.6 Å². The van der Waals surface area contributed by atoms with Gasteiger partial charge in [0, 0.05) is 13.1 Å². The van der Waals surface area contributed by atoms with Gasteiger partial charge in [-0.1, -0.05) is 33.1 Å². The summed E-state index contributed by atoms with van der Waals surface area (Å²) in [6, 6.07) is 0. The molecule has 84 valence electrons. The minimum Gasteiger partial charge on any atom is -0.372 e. The normalized spacial score (nSPS) is 21.6. The van der Waals surface area contributed by atoms with Crippen LogP contribution in [0.3, 0.4) is 0 Å². The molecule has 1 heterocycles. The third kappa shape index (κ3) is 3.58. The van der Waals surface area contributed by atoms with Crippen molar-refractivity contribution in [2.24, 2.45) is 5.92 Å². The Balaban J connectivity index is 2.13. The molecule has 0 amide bonds. The van der Waals surface area contributed by atoms with Gasteiger partial charge in [-0.3, -0.25) is 0 Å². The van der Waals surface area contributed by atoms with E-state index < -0.39 is 0 Å². The molecule has 0 saturated carbocycles. The van der Waals surface area contributed by atoms with Crippen molar-refractivity contribution in [2.45, 2.75) is 52.1 Å². The van der Waals surface area contributed by atoms with Gasteiger partial charge in [0.15, 0.2) is 0 Å². The van der Waals surface area contributed by atoms with Gasteiger partial charge in [-0.25, -0.2) is 0 Å². The van der Waals surface area contributed by atoms with Gasteiger partial charge in [-0.15, -0.1) is 0 Å². The maximum Gasteiger partial charge on any atom is 0.0901 e. The van der Waals surface area contributed by atoms with Gasteiger partial charge in [0.2, 0.25) is 0 Å². The fourth-order valence-electron chi connectivity index (χ4n) is 1.80. The molecule has 0 spiro atoms. The molecule has 0 bridgehead atoms. The molecular weight excluding hydrogens is 174 g/mol. The quantitative estimate of drug-likeness (QED) is 0.680. The smallest absolute Gasteiger partial charge is 0.0901 e. The predicted molar refractivity (Wildman–Crippen MR) is 60.5 cm³/mol. The summed E-state index contributed by atoms with van der Waals surface area (Å²) in [4.78, 5) is 0. The van der Waals surface area contributed by atoms with E-state index >= 15 is 0 Å². The van der Waals surface area contributed by atoms with Crippen molar-refractivity contribution in [3.63, 3.8) is 0 Å². The average molecular weight is 199 g/mol. The van der Waals surface area contributed by atoms with Gasteiger partial charge in [-0.2, -0.15) is 0 Å². The lowest BCUT2D eigenvalue weighted by molar-refractivity contribution is -0.0812. The molecule has 1 atom stereocenters. The number of hydrogen-bond acceptors (Lipinski definition) is 2. The van der Waals surface area contributed by atoms with Gasteiger partial charge < -0.3 is 10.1 Å². The van der Waals surface area contributed by atoms with E-state index in [1.165, 1.54) is 25.7 Å². The van der Waals surface area contributed by atoms with Gasteiger partial charge >= 0.3 is 0 Å². The van der Waals surface area contributed by atoms with Gasteiger partial charge in [0.25, 0.3) is 0 Å². The SMILES string of the molecule is CCCCC(CC)COC1(C)CNC1. The first-order valence-corrected chi connectivity index (χ1v) is 6.05. The highest BCUT2D eigenvalue weighted by molar-refractivity contribution is 4.90. The van der Waals surface area contributed by atoms with E-state index in [0.29, 0.717) is 0 Å². The van der Waals surface area contributed by atoms with Crippen LogP contribution in [-0.4, -0.2) is 25.3 Å². The molecule has 0 aromatic heterocycles. The van der Waals surface area contributed by atoms with Crippen molar-refractivity contribution in [3.05, 3.63) is 0 Å². The van der Waals surface area contributed by atoms with Crippen molar-refractivity contribution < 1.29 is 4.74 Å². The van der Waals surface area contributed by atoms with Crippen molar-refractivity contribution >= 4 is 0 Å². The lowest BCUT2D eigenvalue weighted by Crippen LogP contribution is -2.59. The fraction of sp³-hybridized carbons (Fsp3) is 1.00. The standard InChI is InChI=1S/C12H25NO/c1-4-6-7-11(5-2)8-14-12(3)9-13-10-12/h11,13H,4-10H2,1-3H3. The highest BCUT2D eigenvalue weighted by Gasteiger charge is 2.32. The third-order valence-corrected chi connectivity index (χ3v) is 3.21. The van der Waals surface area contributed by atoms with E-state index in [1.807, 2.05) is 0 Å². The number of ether oxygens (including phenoxy) is 1. The number of rotatable bonds is 7. The molecule has 14 heavy (non-hydrogen) atoms. The zero-order valence-electron chi connectivity index (χ0n) is 9.94. The van der Waals surface area contributed by atoms with Crippen LogP contribution in [0.1, 0.15) is 46.5 Å². The molecule has 2 nitrogen and oxygen atoms in total. The highest BCUT2D eigenvalue weighted by Crippen LogP contribution is 2.20. The summed E-state index contributed by atoms with van der Waals surface area (Å²) < 4.78 is 5.95. The maximum atomic E-state index is 5.95. The van der Waals surface area contributed by atoms with Crippen LogP contribution in [0, 0.1) is 5.92 Å². The van der Waals surface area contributed by atoms with E-state index in [1.54, 1.807) is 0 Å². The molecule has 1 aliphatic heterocycles. The van der Waals surface area contributed by atoms with Crippen molar-refractivity contribution in [3.8, 4) is 0 Å². The minimum atomic E-state index is 0.139. The second-order valence-corrected chi connectivity index (χ2v) is 4.78. The Morgan fingerprint density at radius 3 is 2.50 bits per heavy atom. The topological polar surface area (TPSA) is 21.3 Å². The van der Waals surface area contributed by atoms with Crippen LogP contribution >= 0.6 is 0 Å². The summed E-state index contributed by atoms with van der Waals surface area (Å²) >= 11 is 0. The van der Waals surface area contributed by atoms with E-state index in [-0.39, 0.29) is 5.60 Å². The Morgan fingerprint density at radius 2 is 2.07 bits per heavy atom. The summed E-state index contributed by atoms with van der Waals surface area (Å²) in [5, 5.41) is 3.26. The molecule has 1 rings (SSSR count). The zero-order valence-corrected chi connectivity index (χ0v) is 9.94. The largest absolute Gasteiger partial charge is 0.372 e. The molecule has 0 aromatic carbocycles. The van der Waals surface area contributed by atoms with E-state index in [2.05, 4.69) is 26.1 Å². The third-order valence-electron chi connectivity index (χ3n) is 3.21. The molecular formula is C12H25NO. The Kier molecular flexibility index (Phi) is 4.90. The highest BCUT2D eigenvalue weighted by atomic mass is 16.5. The molecule has 1 aliphatic rings. The van der Waals surface area contributed by atoms with Crippen LogP contribution in [0.2, 0.25) is 0 Å². The zero-order chi connectivity index (χ0) is 10.4. The lowest BCUT2D eigenvalue weighted by atomic mass is 9.97. The summed E-state index contributed by atoms with van der Waals surface area (Å²) in [5.41, 5.74) is 0.139. The first-order valence-electron chi connectivity index (χ1n) is 6.05. The summed E-state index contributed by atoms with van der Waals surface area (Å²) in [5.74, 6) is 0.771.